The van der Waals surface area contributed by atoms with Gasteiger partial charge in [0.15, 0.2) is 11.7 Å². The fraction of sp³-hybridized carbons (Fsp3) is 0.500. The number of nitro groups is 1. The number of anilines is 1. The number of nitrogens with zero attached hydrogens (tertiary/aromatic N) is 7. The number of fused-ring (bicyclic) bond motifs is 2. The number of hydrogen-bond donors (Lipinski definition) is 1. The molecule has 0 spiro atoms. The highest BCUT2D eigenvalue weighted by molar-refractivity contribution is 6.19. The molecule has 44 heavy (non-hydrogen) atoms. The van der Waals surface area contributed by atoms with Crippen LogP contribution in [0.25, 0.3) is 10.9 Å². The van der Waals surface area contributed by atoms with Crippen molar-refractivity contribution >= 4 is 46.4 Å². The fourth-order valence-electron chi connectivity index (χ4n) is 5.80. The normalized spacial score (nSPS) is 23.6. The van der Waals surface area contributed by atoms with E-state index in [-0.39, 0.29) is 24.1 Å². The Hall–Kier alpha value is -4.93. The number of nitro benzene ring substituents is 1. The summed E-state index contributed by atoms with van der Waals surface area (Å²) in [4.78, 5) is 67.1. The summed E-state index contributed by atoms with van der Waals surface area (Å²) < 4.78 is 5.45. The van der Waals surface area contributed by atoms with E-state index in [1.165, 1.54) is 29.2 Å². The highest BCUT2D eigenvalue weighted by atomic mass is 16.6. The van der Waals surface area contributed by atoms with Crippen LogP contribution < -0.4 is 10.2 Å². The summed E-state index contributed by atoms with van der Waals surface area (Å²) in [7, 11) is 1.60. The summed E-state index contributed by atoms with van der Waals surface area (Å²) in [6, 6.07) is 5.59. The average molecular weight is 605 g/mol. The Morgan fingerprint density at radius 2 is 2.00 bits per heavy atom. The topological polar surface area (TPSA) is 154 Å². The number of carbonyl (C=O) groups is 3. The fourth-order valence-corrected chi connectivity index (χ4v) is 5.80. The molecule has 5 rings (SSSR count). The van der Waals surface area contributed by atoms with Crippen LogP contribution in [0.2, 0.25) is 0 Å². The molecule has 232 valence electrons. The maximum atomic E-state index is 14.3. The Balaban J connectivity index is 1.46. The molecule has 3 atom stereocenters. The maximum absolute atomic E-state index is 14.3. The van der Waals surface area contributed by atoms with E-state index in [0.717, 1.165) is 17.7 Å². The van der Waals surface area contributed by atoms with Crippen molar-refractivity contribution < 1.29 is 24.0 Å². The molecule has 2 unspecified atom stereocenters. The van der Waals surface area contributed by atoms with Crippen LogP contribution >= 0.6 is 0 Å². The molecule has 2 fully saturated rings. The molecule has 1 aromatic heterocycles. The van der Waals surface area contributed by atoms with Gasteiger partial charge in [0.1, 0.15) is 11.4 Å². The first-order valence-corrected chi connectivity index (χ1v) is 14.4. The van der Waals surface area contributed by atoms with Crippen molar-refractivity contribution in [1.29, 1.82) is 0 Å². The van der Waals surface area contributed by atoms with E-state index in [9.17, 15) is 24.5 Å². The summed E-state index contributed by atoms with van der Waals surface area (Å²) in [5.74, 6) is 6.05. The predicted octanol–water partition coefficient (Wildman–Crippen LogP) is 3.31. The minimum atomic E-state index is -1.24. The third-order valence-corrected chi connectivity index (χ3v) is 7.97. The molecule has 4 amide bonds. The second-order valence-electron chi connectivity index (χ2n) is 12.2. The number of carbonyl (C=O) groups excluding carboxylic acids is 3. The molecule has 0 radical (unpaired) electrons. The Morgan fingerprint density at radius 1 is 1.25 bits per heavy atom. The van der Waals surface area contributed by atoms with Gasteiger partial charge in [0.25, 0.3) is 11.6 Å². The quantitative estimate of drug-likeness (QED) is 0.315. The standard InChI is InChI=1S/C30H36N8O6/c1-7-8-16-36-24-25(39)37(23-14-11-19-17-21(38(42)43)12-13-22(19)32-23)28(41)34(6)30(24,5)33-26(36)35-15-9-10-20(18-35)31-27(40)44-29(2,3)4/h11-14,17,20,24H,9-10,15-16,18H2,1-6H3,(H,31,40)/t20-,24?,30?/m1/s1. The smallest absolute Gasteiger partial charge is 0.407 e. The summed E-state index contributed by atoms with van der Waals surface area (Å²) in [6.07, 6.45) is 1.02. The Labute approximate surface area is 255 Å². The average Bonchev–Trinajstić information content (AvgIpc) is 3.27. The number of rotatable bonds is 4. The van der Waals surface area contributed by atoms with Gasteiger partial charge in [0.2, 0.25) is 5.96 Å². The second-order valence-corrected chi connectivity index (χ2v) is 12.2. The van der Waals surface area contributed by atoms with Gasteiger partial charge < -0.3 is 19.9 Å². The number of aliphatic imine (C=N–C) groups is 1. The second kappa shape index (κ2) is 11.3. The zero-order valence-electron chi connectivity index (χ0n) is 25.7. The Kier molecular flexibility index (Phi) is 7.83. The first-order chi connectivity index (χ1) is 20.7. The van der Waals surface area contributed by atoms with Crippen LogP contribution in [0.5, 0.6) is 0 Å². The number of benzene rings is 1. The van der Waals surface area contributed by atoms with Gasteiger partial charge in [0.05, 0.1) is 17.0 Å². The van der Waals surface area contributed by atoms with E-state index in [2.05, 4.69) is 22.1 Å². The van der Waals surface area contributed by atoms with E-state index in [1.807, 2.05) is 9.80 Å². The van der Waals surface area contributed by atoms with E-state index in [4.69, 9.17) is 9.73 Å². The first kappa shape index (κ1) is 30.5. The number of pyridine rings is 1. The number of amides is 4. The van der Waals surface area contributed by atoms with Gasteiger partial charge in [-0.05, 0) is 65.7 Å². The van der Waals surface area contributed by atoms with Crippen LogP contribution in [0.1, 0.15) is 47.5 Å². The molecule has 4 heterocycles. The molecule has 0 saturated carbocycles. The zero-order chi connectivity index (χ0) is 32.0. The van der Waals surface area contributed by atoms with E-state index in [1.54, 1.807) is 47.7 Å². The van der Waals surface area contributed by atoms with Crippen molar-refractivity contribution in [2.45, 2.75) is 70.8 Å². The molecular weight excluding hydrogens is 568 g/mol. The molecule has 14 nitrogen and oxygen atoms in total. The lowest BCUT2D eigenvalue weighted by atomic mass is 9.97. The molecule has 2 saturated heterocycles. The Bertz CT molecular complexity index is 1620. The van der Waals surface area contributed by atoms with Crippen LogP contribution in [0, 0.1) is 22.0 Å². The minimum absolute atomic E-state index is 0.0859. The third kappa shape index (κ3) is 5.57. The number of urea groups is 1. The lowest BCUT2D eigenvalue weighted by Crippen LogP contribution is -2.71. The molecular formula is C30H36N8O6. The summed E-state index contributed by atoms with van der Waals surface area (Å²) in [5.41, 5.74) is -1.55. The highest BCUT2D eigenvalue weighted by Crippen LogP contribution is 2.39. The SMILES string of the molecule is CC#CCN1C(N2CCC[C@@H](NC(=O)OC(C)(C)C)C2)=NC2(C)C1C(=O)N(c1ccc3cc([N+](=O)[O-])ccc3n1)C(=O)N2C. The van der Waals surface area contributed by atoms with Gasteiger partial charge >= 0.3 is 12.1 Å². The molecule has 2 aromatic rings. The molecule has 1 N–H and O–H groups in total. The van der Waals surface area contributed by atoms with Gasteiger partial charge in [-0.15, -0.1) is 5.92 Å². The van der Waals surface area contributed by atoms with E-state index >= 15 is 0 Å². The summed E-state index contributed by atoms with van der Waals surface area (Å²) >= 11 is 0. The number of ether oxygens (including phenoxy) is 1. The minimum Gasteiger partial charge on any atom is -0.444 e. The Morgan fingerprint density at radius 3 is 2.68 bits per heavy atom. The lowest BCUT2D eigenvalue weighted by Gasteiger charge is -2.46. The first-order valence-electron chi connectivity index (χ1n) is 14.4. The number of piperidine rings is 1. The molecule has 3 aliphatic rings. The number of likely N-dealkylation sites (tertiary alicyclic amines) is 1. The van der Waals surface area contributed by atoms with Crippen molar-refractivity contribution in [3.8, 4) is 11.8 Å². The number of nitrogens with one attached hydrogen (secondary N) is 1. The third-order valence-electron chi connectivity index (χ3n) is 7.97. The van der Waals surface area contributed by atoms with E-state index in [0.29, 0.717) is 30.0 Å². The highest BCUT2D eigenvalue weighted by Gasteiger charge is 2.61. The molecule has 0 bridgehead atoms. The summed E-state index contributed by atoms with van der Waals surface area (Å²) in [6.45, 7) is 10.1. The van der Waals surface area contributed by atoms with E-state index < -0.39 is 40.3 Å². The van der Waals surface area contributed by atoms with Crippen LogP contribution in [-0.4, -0.2) is 98.6 Å². The van der Waals surface area contributed by atoms with Crippen LogP contribution in [0.15, 0.2) is 35.3 Å². The zero-order valence-corrected chi connectivity index (χ0v) is 25.7. The van der Waals surface area contributed by atoms with Crippen molar-refractivity contribution in [2.24, 2.45) is 4.99 Å². The van der Waals surface area contributed by atoms with Gasteiger partial charge in [-0.2, -0.15) is 0 Å². The van der Waals surface area contributed by atoms with Gasteiger partial charge in [-0.1, -0.05) is 5.92 Å². The predicted molar refractivity (Wildman–Crippen MR) is 163 cm³/mol. The van der Waals surface area contributed by atoms with Crippen molar-refractivity contribution in [2.75, 3.05) is 31.6 Å². The number of likely N-dealkylation sites (N-methyl/N-ethyl adjacent to an activating group) is 1. The monoisotopic (exact) mass is 604 g/mol. The number of hydrogen-bond acceptors (Lipinski definition) is 10. The van der Waals surface area contributed by atoms with Crippen molar-refractivity contribution in [1.82, 2.24) is 25.0 Å². The van der Waals surface area contributed by atoms with Gasteiger partial charge in [0, 0.05) is 43.7 Å². The van der Waals surface area contributed by atoms with Crippen LogP contribution in [0.4, 0.5) is 21.1 Å². The van der Waals surface area contributed by atoms with Gasteiger partial charge in [-0.3, -0.25) is 19.8 Å². The number of non-ortho nitro benzene ring substituents is 1. The van der Waals surface area contributed by atoms with Crippen molar-refractivity contribution in [3.63, 3.8) is 0 Å². The number of alkyl carbamates (subject to hydrolysis) is 1. The molecule has 14 heteroatoms. The summed E-state index contributed by atoms with van der Waals surface area (Å²) in [5, 5.41) is 14.7. The number of guanidine groups is 1. The molecule has 0 aliphatic carbocycles. The molecule has 3 aliphatic heterocycles. The number of imide groups is 1. The van der Waals surface area contributed by atoms with Crippen molar-refractivity contribution in [3.05, 3.63) is 40.4 Å². The molecule has 1 aromatic carbocycles. The number of aromatic nitrogens is 1. The van der Waals surface area contributed by atoms with Gasteiger partial charge in [-0.25, -0.2) is 24.5 Å². The van der Waals surface area contributed by atoms with Crippen LogP contribution in [0.3, 0.4) is 0 Å². The lowest BCUT2D eigenvalue weighted by molar-refractivity contribution is -0.384. The maximum Gasteiger partial charge on any atom is 0.407 e. The van der Waals surface area contributed by atoms with Crippen LogP contribution in [-0.2, 0) is 9.53 Å². The largest absolute Gasteiger partial charge is 0.444 e.